The van der Waals surface area contributed by atoms with E-state index in [9.17, 15) is 9.59 Å². The molecule has 0 bridgehead atoms. The molecule has 0 atom stereocenters. The summed E-state index contributed by atoms with van der Waals surface area (Å²) in [6.07, 6.45) is 3.47. The normalized spacial score (nSPS) is 18.2. The second-order valence-corrected chi connectivity index (χ2v) is 5.57. The summed E-state index contributed by atoms with van der Waals surface area (Å²) in [4.78, 5) is 28.2. The van der Waals surface area contributed by atoms with E-state index in [-0.39, 0.29) is 23.1 Å². The van der Waals surface area contributed by atoms with E-state index < -0.39 is 0 Å². The molecule has 0 fully saturated rings. The molecule has 24 heavy (non-hydrogen) atoms. The smallest absolute Gasteiger partial charge is 0.276 e. The Morgan fingerprint density at radius 2 is 1.67 bits per heavy atom. The number of para-hydroxylation sites is 2. The van der Waals surface area contributed by atoms with Gasteiger partial charge >= 0.3 is 0 Å². The first-order valence-electron chi connectivity index (χ1n) is 7.53. The Hall–Kier alpha value is -3.09. The Labute approximate surface area is 140 Å². The predicted octanol–water partition coefficient (Wildman–Crippen LogP) is 0.914. The van der Waals surface area contributed by atoms with Crippen LogP contribution in [0.15, 0.2) is 52.9 Å². The van der Waals surface area contributed by atoms with Crippen molar-refractivity contribution in [2.75, 3.05) is 38.0 Å². The predicted molar refractivity (Wildman–Crippen MR) is 93.7 cm³/mol. The molecule has 0 radical (unpaired) electrons. The topological polar surface area (TPSA) is 68.2 Å². The molecule has 0 spiro atoms. The van der Waals surface area contributed by atoms with Gasteiger partial charge in [-0.05, 0) is 24.3 Å². The van der Waals surface area contributed by atoms with E-state index in [4.69, 9.17) is 0 Å². The maximum absolute atomic E-state index is 12.2. The van der Waals surface area contributed by atoms with Crippen LogP contribution in [0.5, 0.6) is 0 Å². The number of anilines is 2. The number of hydrogen-bond acceptors (Lipinski definition) is 5. The van der Waals surface area contributed by atoms with Crippen LogP contribution in [0, 0.1) is 0 Å². The second-order valence-electron chi connectivity index (χ2n) is 5.57. The van der Waals surface area contributed by atoms with Crippen molar-refractivity contribution in [2.45, 2.75) is 0 Å². The van der Waals surface area contributed by atoms with E-state index >= 15 is 0 Å². The molecular weight excluding hydrogens is 306 g/mol. The molecule has 0 aliphatic carbocycles. The molecule has 7 heteroatoms. The maximum Gasteiger partial charge on any atom is 0.276 e. The molecule has 7 nitrogen and oxygen atoms in total. The van der Waals surface area contributed by atoms with Crippen molar-refractivity contribution in [3.05, 3.63) is 47.8 Å². The molecule has 1 N–H and O–H groups in total. The highest BCUT2D eigenvalue weighted by atomic mass is 16.2. The minimum atomic E-state index is -0.381. The van der Waals surface area contributed by atoms with Gasteiger partial charge in [0, 0.05) is 28.2 Å². The lowest BCUT2D eigenvalue weighted by atomic mass is 10.1. The van der Waals surface area contributed by atoms with Crippen LogP contribution < -0.4 is 15.1 Å². The molecule has 2 aliphatic rings. The van der Waals surface area contributed by atoms with E-state index in [1.165, 1.54) is 19.1 Å². The number of allylic oxidation sites excluding steroid dienone is 2. The number of hydrazone groups is 1. The maximum atomic E-state index is 12.2. The van der Waals surface area contributed by atoms with Crippen LogP contribution in [0.4, 0.5) is 11.4 Å². The molecule has 2 heterocycles. The van der Waals surface area contributed by atoms with Gasteiger partial charge in [-0.15, -0.1) is 0 Å². The van der Waals surface area contributed by atoms with Crippen molar-refractivity contribution < 1.29 is 9.59 Å². The van der Waals surface area contributed by atoms with Gasteiger partial charge in [0.2, 0.25) is 0 Å². The largest absolute Gasteiger partial charge is 0.354 e. The Bertz CT molecular complexity index is 778. The highest BCUT2D eigenvalue weighted by Crippen LogP contribution is 2.39. The highest BCUT2D eigenvalue weighted by molar-refractivity contribution is 6.52. The lowest BCUT2D eigenvalue weighted by Gasteiger charge is -2.17. The number of likely N-dealkylation sites (N-methyl/N-ethyl adjacent to an activating group) is 1. The van der Waals surface area contributed by atoms with E-state index in [0.717, 1.165) is 17.2 Å². The van der Waals surface area contributed by atoms with E-state index in [1.54, 1.807) is 6.08 Å². The van der Waals surface area contributed by atoms with Crippen LogP contribution in [0.1, 0.15) is 0 Å². The fourth-order valence-corrected chi connectivity index (χ4v) is 2.85. The first-order valence-corrected chi connectivity index (χ1v) is 7.53. The number of fused-ring (bicyclic) bond motifs is 1. The monoisotopic (exact) mass is 325 g/mol. The minimum absolute atomic E-state index is 0.127. The van der Waals surface area contributed by atoms with Crippen molar-refractivity contribution in [3.8, 4) is 0 Å². The lowest BCUT2D eigenvalue weighted by molar-refractivity contribution is -0.124. The number of nitrogens with one attached hydrogen (secondary N) is 1. The standard InChI is InChI=1S/C17H19N5O2/c1-18-16(23)15-11(17(24)22(4)19-15)9-10-14-20(2)12-7-5-6-8-13(12)21(14)3/h5-10H,1-4H3,(H,18,23)/b11-9+. The molecule has 2 amide bonds. The van der Waals surface area contributed by atoms with E-state index in [1.807, 2.05) is 54.2 Å². The third kappa shape index (κ3) is 2.34. The first kappa shape index (κ1) is 15.8. The van der Waals surface area contributed by atoms with Crippen molar-refractivity contribution in [1.82, 2.24) is 10.3 Å². The fraction of sp³-hybridized carbons (Fsp3) is 0.235. The first-order chi connectivity index (χ1) is 11.5. The van der Waals surface area contributed by atoms with E-state index in [2.05, 4.69) is 10.4 Å². The van der Waals surface area contributed by atoms with Crippen LogP contribution in [0.25, 0.3) is 0 Å². The van der Waals surface area contributed by atoms with Gasteiger partial charge in [0.15, 0.2) is 5.71 Å². The van der Waals surface area contributed by atoms with Crippen LogP contribution >= 0.6 is 0 Å². The molecule has 1 aromatic carbocycles. The van der Waals surface area contributed by atoms with Crippen molar-refractivity contribution in [3.63, 3.8) is 0 Å². The van der Waals surface area contributed by atoms with Crippen LogP contribution in [0.2, 0.25) is 0 Å². The molecule has 0 saturated heterocycles. The average Bonchev–Trinajstić information content (AvgIpc) is 3.01. The van der Waals surface area contributed by atoms with Gasteiger partial charge in [0.05, 0.1) is 16.9 Å². The van der Waals surface area contributed by atoms with Gasteiger partial charge in [-0.3, -0.25) is 9.59 Å². The van der Waals surface area contributed by atoms with Gasteiger partial charge in [0.1, 0.15) is 5.82 Å². The van der Waals surface area contributed by atoms with Gasteiger partial charge in [0.25, 0.3) is 11.8 Å². The molecule has 0 aromatic heterocycles. The second kappa shape index (κ2) is 5.84. The number of amides is 2. The minimum Gasteiger partial charge on any atom is -0.354 e. The van der Waals surface area contributed by atoms with Crippen molar-refractivity contribution >= 4 is 28.9 Å². The number of carbonyl (C=O) groups is 2. The zero-order valence-corrected chi connectivity index (χ0v) is 14.1. The Morgan fingerprint density at radius 3 is 2.21 bits per heavy atom. The summed E-state index contributed by atoms with van der Waals surface area (Å²) >= 11 is 0. The molecule has 1 aromatic rings. The summed E-state index contributed by atoms with van der Waals surface area (Å²) in [6.45, 7) is 0. The molecular formula is C17H19N5O2. The van der Waals surface area contributed by atoms with E-state index in [0.29, 0.717) is 0 Å². The summed E-state index contributed by atoms with van der Waals surface area (Å²) in [5, 5.41) is 7.69. The van der Waals surface area contributed by atoms with Gasteiger partial charge in [-0.2, -0.15) is 5.10 Å². The third-order valence-corrected chi connectivity index (χ3v) is 4.16. The SMILES string of the molecule is CNC(=O)C1=NN(C)C(=O)/C1=C/C=C1N(C)c2ccccc2N1C. The van der Waals surface area contributed by atoms with Crippen LogP contribution in [0.3, 0.4) is 0 Å². The Kier molecular flexibility index (Phi) is 3.84. The highest BCUT2D eigenvalue weighted by Gasteiger charge is 2.32. The molecule has 0 unspecified atom stereocenters. The molecule has 2 aliphatic heterocycles. The van der Waals surface area contributed by atoms with Gasteiger partial charge < -0.3 is 15.1 Å². The number of rotatable bonds is 2. The number of carbonyl (C=O) groups excluding carboxylic acids is 2. The third-order valence-electron chi connectivity index (χ3n) is 4.16. The summed E-state index contributed by atoms with van der Waals surface area (Å²) in [5.41, 5.74) is 2.57. The fourth-order valence-electron chi connectivity index (χ4n) is 2.85. The number of hydrogen-bond donors (Lipinski definition) is 1. The molecule has 124 valence electrons. The zero-order chi connectivity index (χ0) is 17.4. The number of nitrogens with zero attached hydrogens (tertiary/aromatic N) is 4. The quantitative estimate of drug-likeness (QED) is 0.821. The lowest BCUT2D eigenvalue weighted by Crippen LogP contribution is -2.28. The molecule has 0 saturated carbocycles. The Morgan fingerprint density at radius 1 is 1.08 bits per heavy atom. The summed E-state index contributed by atoms with van der Waals surface area (Å²) < 4.78 is 0. The summed E-state index contributed by atoms with van der Waals surface area (Å²) in [7, 11) is 6.97. The zero-order valence-electron chi connectivity index (χ0n) is 14.1. The van der Waals surface area contributed by atoms with Crippen LogP contribution in [-0.4, -0.2) is 50.7 Å². The summed E-state index contributed by atoms with van der Waals surface area (Å²) in [6, 6.07) is 8.03. The van der Waals surface area contributed by atoms with Gasteiger partial charge in [-0.1, -0.05) is 12.1 Å². The average molecular weight is 325 g/mol. The Balaban J connectivity index is 1.98. The summed E-state index contributed by atoms with van der Waals surface area (Å²) in [5.74, 6) is 0.224. The van der Waals surface area contributed by atoms with Crippen molar-refractivity contribution in [1.29, 1.82) is 0 Å². The molecule has 3 rings (SSSR count). The van der Waals surface area contributed by atoms with Crippen LogP contribution in [-0.2, 0) is 9.59 Å². The number of benzene rings is 1. The van der Waals surface area contributed by atoms with Crippen molar-refractivity contribution in [2.24, 2.45) is 5.10 Å². The van der Waals surface area contributed by atoms with Gasteiger partial charge in [-0.25, -0.2) is 5.01 Å².